The fourth-order valence-electron chi connectivity index (χ4n) is 2.26. The zero-order chi connectivity index (χ0) is 28.7. The molecule has 0 aliphatic heterocycles. The van der Waals surface area contributed by atoms with E-state index >= 15 is 0 Å². The van der Waals surface area contributed by atoms with Crippen molar-refractivity contribution < 1.29 is 62.5 Å². The summed E-state index contributed by atoms with van der Waals surface area (Å²) in [7, 11) is 0. The molecule has 0 unspecified atom stereocenters. The van der Waals surface area contributed by atoms with Gasteiger partial charge in [-0.1, -0.05) is 6.92 Å². The normalized spacial score (nSPS) is 15.2. The number of alkyl halides is 13. The van der Waals surface area contributed by atoms with Crippen LogP contribution in [0.4, 0.5) is 69.7 Å². The zero-order valence-corrected chi connectivity index (χ0v) is 17.5. The van der Waals surface area contributed by atoms with Crippen molar-refractivity contribution in [2.45, 2.75) is 41.9 Å². The molecule has 21 heteroatoms. The molecule has 204 valence electrons. The van der Waals surface area contributed by atoms with E-state index in [1.807, 2.05) is 0 Å². The fraction of sp³-hybridized carbons (Fsp3) is 0.533. The highest BCUT2D eigenvalue weighted by molar-refractivity contribution is 6.22. The first-order valence-corrected chi connectivity index (χ1v) is 8.93. The van der Waals surface area contributed by atoms with Gasteiger partial charge in [-0.2, -0.15) is 57.8 Å². The average Bonchev–Trinajstić information content (AvgIpc) is 2.71. The Balaban J connectivity index is 3.33. The number of hydrazone groups is 1. The summed E-state index contributed by atoms with van der Waals surface area (Å²) >= 11 is 3.59. The number of hydrogen-bond acceptors (Lipinski definition) is 6. The van der Waals surface area contributed by atoms with Crippen molar-refractivity contribution in [2.75, 3.05) is 5.43 Å². The van der Waals surface area contributed by atoms with Crippen LogP contribution in [0.3, 0.4) is 0 Å². The maximum absolute atomic E-state index is 14.0. The summed E-state index contributed by atoms with van der Waals surface area (Å²) in [6.07, 6.45) is -0.387. The largest absolute Gasteiger partial charge is 0.393 e. The molecule has 1 aromatic carbocycles. The molecule has 1 aromatic rings. The Kier molecular flexibility index (Phi) is 8.11. The van der Waals surface area contributed by atoms with Gasteiger partial charge in [0.05, 0.1) is 21.8 Å². The second kappa shape index (κ2) is 9.43. The lowest BCUT2D eigenvalue weighted by atomic mass is 9.89. The number of hydrogen-bond donors (Lipinski definition) is 1. The third-order valence-corrected chi connectivity index (χ3v) is 4.64. The molecule has 1 rings (SSSR count). The number of nitrogens with one attached hydrogen (secondary N) is 1. The molecular weight excluding hydrogens is 564 g/mol. The molecule has 1 atom stereocenters. The number of nitro groups is 2. The lowest BCUT2D eigenvalue weighted by molar-refractivity contribution is -0.419. The molecule has 0 saturated heterocycles. The van der Waals surface area contributed by atoms with Gasteiger partial charge in [0.15, 0.2) is 0 Å². The van der Waals surface area contributed by atoms with Crippen LogP contribution in [0, 0.1) is 26.1 Å². The van der Waals surface area contributed by atoms with E-state index in [-0.39, 0.29) is 13.1 Å². The Hall–Kier alpha value is -3.06. The van der Waals surface area contributed by atoms with Crippen molar-refractivity contribution in [3.05, 3.63) is 38.4 Å². The zero-order valence-electron chi connectivity index (χ0n) is 16.8. The van der Waals surface area contributed by atoms with Crippen LogP contribution < -0.4 is 5.43 Å². The Labute approximate surface area is 195 Å². The van der Waals surface area contributed by atoms with Gasteiger partial charge < -0.3 is 0 Å². The van der Waals surface area contributed by atoms with E-state index in [1.54, 1.807) is 5.43 Å². The lowest BCUT2D eigenvalue weighted by Gasteiger charge is -2.41. The average molecular weight is 573 g/mol. The maximum Gasteiger partial charge on any atom is 0.393 e. The summed E-state index contributed by atoms with van der Waals surface area (Å²) in [5.41, 5.74) is -1.15. The van der Waals surface area contributed by atoms with Crippen LogP contribution in [0.5, 0.6) is 0 Å². The summed E-state index contributed by atoms with van der Waals surface area (Å²) in [5, 5.41) is 17.8. The topological polar surface area (TPSA) is 111 Å². The minimum absolute atomic E-state index is 0.0636. The molecule has 0 amide bonds. The van der Waals surface area contributed by atoms with Crippen LogP contribution in [0.15, 0.2) is 23.3 Å². The summed E-state index contributed by atoms with van der Waals surface area (Å²) in [5.74, 6) is -40.2. The summed E-state index contributed by atoms with van der Waals surface area (Å²) < 4.78 is 161. The number of halogens is 13. The van der Waals surface area contributed by atoms with Gasteiger partial charge in [-0.3, -0.25) is 25.7 Å². The van der Waals surface area contributed by atoms with Crippen molar-refractivity contribution in [1.29, 1.82) is 0 Å². The molecule has 36 heavy (non-hydrogen) atoms. The molecular formula is C15H9ClF12N4O4. The van der Waals surface area contributed by atoms with Crippen molar-refractivity contribution in [3.63, 3.8) is 0 Å². The van der Waals surface area contributed by atoms with Gasteiger partial charge >= 0.3 is 40.7 Å². The van der Waals surface area contributed by atoms with Crippen LogP contribution >= 0.6 is 11.6 Å². The van der Waals surface area contributed by atoms with Gasteiger partial charge in [-0.05, 0) is 17.7 Å². The summed E-state index contributed by atoms with van der Waals surface area (Å²) in [4.78, 5) is 19.2. The van der Waals surface area contributed by atoms with Crippen molar-refractivity contribution in [1.82, 2.24) is 0 Å². The van der Waals surface area contributed by atoms with Crippen LogP contribution in [0.2, 0.25) is 0 Å². The molecule has 1 N–H and O–H groups in total. The molecule has 0 radical (unpaired) electrons. The van der Waals surface area contributed by atoms with E-state index in [4.69, 9.17) is 0 Å². The maximum atomic E-state index is 14.0. The van der Waals surface area contributed by atoms with Crippen molar-refractivity contribution >= 4 is 34.9 Å². The van der Waals surface area contributed by atoms with Gasteiger partial charge in [-0.25, -0.2) is 0 Å². The van der Waals surface area contributed by atoms with Crippen LogP contribution in [0.25, 0.3) is 0 Å². The molecule has 8 nitrogen and oxygen atoms in total. The van der Waals surface area contributed by atoms with Crippen LogP contribution in [-0.2, 0) is 0 Å². The second-order valence-electron chi connectivity index (χ2n) is 6.81. The van der Waals surface area contributed by atoms with E-state index < -0.39 is 67.8 Å². The lowest BCUT2D eigenvalue weighted by Crippen LogP contribution is -2.70. The number of anilines is 1. The molecule has 0 fully saturated rings. The highest BCUT2D eigenvalue weighted by atomic mass is 35.5. The van der Waals surface area contributed by atoms with Gasteiger partial charge in [0, 0.05) is 12.3 Å². The first-order valence-electron chi connectivity index (χ1n) is 8.55. The number of nitro benzene ring substituents is 2. The number of non-ortho nitro benzene ring substituents is 1. The van der Waals surface area contributed by atoms with Gasteiger partial charge in [0.2, 0.25) is 0 Å². The predicted octanol–water partition coefficient (Wildman–Crippen LogP) is 6.54. The number of rotatable bonds is 11. The van der Waals surface area contributed by atoms with Gasteiger partial charge in [-0.15, -0.1) is 0 Å². The van der Waals surface area contributed by atoms with E-state index in [2.05, 4.69) is 16.7 Å². The molecule has 0 aliphatic carbocycles. The quantitative estimate of drug-likeness (QED) is 0.106. The SMILES string of the molecule is C[C@H](/C=N\Nc1ccc([N+](=O)[O-])cc1[N+](=O)[O-])C(F)(F)C(F)(F)C(F)(F)C(F)(F)C(F)(F)C(F)(F)Cl. The smallest absolute Gasteiger partial charge is 0.272 e. The van der Waals surface area contributed by atoms with Gasteiger partial charge in [0.25, 0.3) is 5.69 Å². The first-order chi connectivity index (χ1) is 15.9. The molecule has 0 heterocycles. The number of benzene rings is 1. The van der Waals surface area contributed by atoms with Gasteiger partial charge in [0.1, 0.15) is 5.69 Å². The van der Waals surface area contributed by atoms with E-state index in [9.17, 15) is 72.9 Å². The molecule has 0 aromatic heterocycles. The monoisotopic (exact) mass is 572 g/mol. The minimum Gasteiger partial charge on any atom is -0.272 e. The Bertz CT molecular complexity index is 1050. The van der Waals surface area contributed by atoms with E-state index in [1.165, 1.54) is 0 Å². The van der Waals surface area contributed by atoms with E-state index in [0.29, 0.717) is 18.2 Å². The predicted molar refractivity (Wildman–Crippen MR) is 96.6 cm³/mol. The van der Waals surface area contributed by atoms with Crippen molar-refractivity contribution in [2.24, 2.45) is 11.0 Å². The second-order valence-corrected chi connectivity index (χ2v) is 7.29. The van der Waals surface area contributed by atoms with Crippen LogP contribution in [-0.4, -0.2) is 51.1 Å². The van der Waals surface area contributed by atoms with Crippen molar-refractivity contribution in [3.8, 4) is 0 Å². The standard InChI is InChI=1S/C15H9ClF12N4O4/c1-6(5-29-30-8-3-2-7(31(33)34)4-9(8)32(35)36)10(17,18)11(19,20)12(21,22)13(23,24)14(25,26)15(16,27)28/h2-6,30H,1H3/b29-5-/t6-/m1/s1. The Morgan fingerprint density at radius 2 is 1.33 bits per heavy atom. The first kappa shape index (κ1) is 31.0. The molecule has 0 spiro atoms. The third kappa shape index (κ3) is 4.94. The fourth-order valence-corrected chi connectivity index (χ4v) is 2.38. The highest BCUT2D eigenvalue weighted by Crippen LogP contribution is 2.61. The number of nitrogens with zero attached hydrogens (tertiary/aromatic N) is 3. The molecule has 0 aliphatic rings. The summed E-state index contributed by atoms with van der Waals surface area (Å²) in [6.45, 7) is -0.0636. The molecule has 0 saturated carbocycles. The summed E-state index contributed by atoms with van der Waals surface area (Å²) in [6, 6.07) is 1.57. The Morgan fingerprint density at radius 3 is 1.75 bits per heavy atom. The van der Waals surface area contributed by atoms with Crippen LogP contribution in [0.1, 0.15) is 6.92 Å². The third-order valence-electron chi connectivity index (χ3n) is 4.40. The minimum atomic E-state index is -7.82. The van der Waals surface area contributed by atoms with E-state index in [0.717, 1.165) is 0 Å². The highest BCUT2D eigenvalue weighted by Gasteiger charge is 2.90. The Morgan fingerprint density at radius 1 is 0.861 bits per heavy atom. The molecule has 0 bridgehead atoms.